The molecule has 8 nitrogen and oxygen atoms in total. The van der Waals surface area contributed by atoms with Gasteiger partial charge in [0.05, 0.1) is 6.04 Å². The van der Waals surface area contributed by atoms with Crippen molar-refractivity contribution in [1.82, 2.24) is 13.9 Å². The summed E-state index contributed by atoms with van der Waals surface area (Å²) in [7, 11) is -3.37. The Labute approximate surface area is 120 Å². The van der Waals surface area contributed by atoms with Crippen LogP contribution in [0.2, 0.25) is 0 Å². The van der Waals surface area contributed by atoms with E-state index in [0.29, 0.717) is 32.7 Å². The third-order valence-corrected chi connectivity index (χ3v) is 5.10. The number of piperazine rings is 1. The molecular formula is C11H25N5O3S. The van der Waals surface area contributed by atoms with Gasteiger partial charge in [0.2, 0.25) is 0 Å². The number of nitrogens with two attached hydrogens (primary N) is 1. The number of amidine groups is 1. The minimum absolute atomic E-state index is 0.131. The monoisotopic (exact) mass is 307 g/mol. The molecule has 0 aromatic rings. The second-order valence-electron chi connectivity index (χ2n) is 4.77. The molecule has 1 rings (SSSR count). The maximum absolute atomic E-state index is 11.9. The SMILES string of the molecule is CCCC(C(N)=NO)N1CCN(S(=O)(=O)NCC)CC1. The van der Waals surface area contributed by atoms with Gasteiger partial charge in [0, 0.05) is 32.7 Å². The lowest BCUT2D eigenvalue weighted by Crippen LogP contribution is -2.56. The van der Waals surface area contributed by atoms with Crippen molar-refractivity contribution in [3.63, 3.8) is 0 Å². The van der Waals surface area contributed by atoms with Crippen LogP contribution < -0.4 is 10.5 Å². The summed E-state index contributed by atoms with van der Waals surface area (Å²) < 4.78 is 27.7. The molecule has 0 aromatic heterocycles. The fourth-order valence-corrected chi connectivity index (χ4v) is 3.58. The Morgan fingerprint density at radius 1 is 1.35 bits per heavy atom. The normalized spacial score (nSPS) is 21.0. The van der Waals surface area contributed by atoms with Crippen LogP contribution in [-0.4, -0.2) is 67.4 Å². The summed E-state index contributed by atoms with van der Waals surface area (Å²) in [5.41, 5.74) is 5.72. The summed E-state index contributed by atoms with van der Waals surface area (Å²) in [6.07, 6.45) is 1.70. The molecule has 0 aromatic carbocycles. The molecule has 0 aliphatic carbocycles. The number of nitrogens with zero attached hydrogens (tertiary/aromatic N) is 3. The first-order valence-corrected chi connectivity index (χ1v) is 8.36. The van der Waals surface area contributed by atoms with Crippen molar-refractivity contribution >= 4 is 16.0 Å². The standard InChI is InChI=1S/C11H25N5O3S/c1-3-5-10(11(12)14-17)15-6-8-16(9-7-15)20(18,19)13-4-2/h10,13,17H,3-9H2,1-2H3,(H2,12,14). The van der Waals surface area contributed by atoms with Crippen LogP contribution in [0.5, 0.6) is 0 Å². The molecule has 1 heterocycles. The first kappa shape index (κ1) is 17.2. The van der Waals surface area contributed by atoms with Crippen molar-refractivity contribution in [2.45, 2.75) is 32.7 Å². The van der Waals surface area contributed by atoms with Gasteiger partial charge in [-0.2, -0.15) is 12.7 Å². The lowest BCUT2D eigenvalue weighted by Gasteiger charge is -2.38. The van der Waals surface area contributed by atoms with E-state index in [4.69, 9.17) is 10.9 Å². The topological polar surface area (TPSA) is 111 Å². The van der Waals surface area contributed by atoms with Crippen LogP contribution in [0.15, 0.2) is 5.16 Å². The van der Waals surface area contributed by atoms with Crippen LogP contribution in [0, 0.1) is 0 Å². The van der Waals surface area contributed by atoms with Gasteiger partial charge in [-0.15, -0.1) is 0 Å². The molecule has 20 heavy (non-hydrogen) atoms. The van der Waals surface area contributed by atoms with Crippen molar-refractivity contribution in [2.24, 2.45) is 10.9 Å². The van der Waals surface area contributed by atoms with Crippen LogP contribution >= 0.6 is 0 Å². The van der Waals surface area contributed by atoms with Crippen molar-refractivity contribution in [1.29, 1.82) is 0 Å². The van der Waals surface area contributed by atoms with Crippen LogP contribution in [0.25, 0.3) is 0 Å². The molecule has 0 saturated carbocycles. The van der Waals surface area contributed by atoms with E-state index in [1.165, 1.54) is 4.31 Å². The predicted octanol–water partition coefficient (Wildman–Crippen LogP) is -0.627. The zero-order chi connectivity index (χ0) is 15.2. The average Bonchev–Trinajstić information content (AvgIpc) is 2.44. The maximum Gasteiger partial charge on any atom is 0.279 e. The van der Waals surface area contributed by atoms with Crippen LogP contribution in [0.4, 0.5) is 0 Å². The highest BCUT2D eigenvalue weighted by Crippen LogP contribution is 2.13. The smallest absolute Gasteiger partial charge is 0.279 e. The molecule has 4 N–H and O–H groups in total. The highest BCUT2D eigenvalue weighted by atomic mass is 32.2. The van der Waals surface area contributed by atoms with Gasteiger partial charge < -0.3 is 10.9 Å². The zero-order valence-corrected chi connectivity index (χ0v) is 12.9. The van der Waals surface area contributed by atoms with Crippen molar-refractivity contribution < 1.29 is 13.6 Å². The van der Waals surface area contributed by atoms with E-state index >= 15 is 0 Å². The van der Waals surface area contributed by atoms with E-state index in [9.17, 15) is 8.42 Å². The minimum atomic E-state index is -3.37. The predicted molar refractivity (Wildman–Crippen MR) is 77.8 cm³/mol. The number of rotatable bonds is 7. The Hall–Kier alpha value is -0.900. The number of oxime groups is 1. The second kappa shape index (κ2) is 7.77. The van der Waals surface area contributed by atoms with Crippen LogP contribution in [-0.2, 0) is 10.2 Å². The highest BCUT2D eigenvalue weighted by molar-refractivity contribution is 7.87. The summed E-state index contributed by atoms with van der Waals surface area (Å²) in [5, 5.41) is 11.9. The molecule has 1 fully saturated rings. The molecule has 1 atom stereocenters. The van der Waals surface area contributed by atoms with E-state index < -0.39 is 10.2 Å². The lowest BCUT2D eigenvalue weighted by molar-refractivity contribution is 0.157. The molecule has 0 bridgehead atoms. The number of nitrogens with one attached hydrogen (secondary N) is 1. The molecule has 118 valence electrons. The molecule has 1 unspecified atom stereocenters. The van der Waals surface area contributed by atoms with E-state index in [1.807, 2.05) is 6.92 Å². The molecule has 1 saturated heterocycles. The average molecular weight is 307 g/mol. The molecule has 9 heteroatoms. The molecule has 0 radical (unpaired) electrons. The maximum atomic E-state index is 11.9. The number of hydrogen-bond acceptors (Lipinski definition) is 5. The van der Waals surface area contributed by atoms with Gasteiger partial charge in [-0.05, 0) is 6.42 Å². The fraction of sp³-hybridized carbons (Fsp3) is 0.909. The van der Waals surface area contributed by atoms with Gasteiger partial charge in [0.15, 0.2) is 5.84 Å². The molecule has 1 aliphatic rings. The van der Waals surface area contributed by atoms with Crippen molar-refractivity contribution in [3.05, 3.63) is 0 Å². The molecular weight excluding hydrogens is 282 g/mol. The summed E-state index contributed by atoms with van der Waals surface area (Å²) in [6, 6.07) is -0.131. The van der Waals surface area contributed by atoms with Crippen LogP contribution in [0.3, 0.4) is 0 Å². The first-order chi connectivity index (χ1) is 9.46. The zero-order valence-electron chi connectivity index (χ0n) is 12.1. The van der Waals surface area contributed by atoms with Gasteiger partial charge in [-0.1, -0.05) is 25.4 Å². The van der Waals surface area contributed by atoms with E-state index in [1.54, 1.807) is 6.92 Å². The van der Waals surface area contributed by atoms with Gasteiger partial charge in [-0.3, -0.25) is 4.90 Å². The summed E-state index contributed by atoms with van der Waals surface area (Å²) in [4.78, 5) is 2.07. The van der Waals surface area contributed by atoms with Gasteiger partial charge >= 0.3 is 0 Å². The second-order valence-corrected chi connectivity index (χ2v) is 6.52. The molecule has 0 amide bonds. The fourth-order valence-electron chi connectivity index (χ4n) is 2.39. The Balaban J connectivity index is 2.64. The summed E-state index contributed by atoms with van der Waals surface area (Å²) in [6.45, 7) is 6.14. The van der Waals surface area contributed by atoms with Gasteiger partial charge in [-0.25, -0.2) is 4.72 Å². The number of hydrogen-bond donors (Lipinski definition) is 3. The Bertz CT molecular complexity index is 418. The third-order valence-electron chi connectivity index (χ3n) is 3.40. The van der Waals surface area contributed by atoms with Gasteiger partial charge in [0.25, 0.3) is 10.2 Å². The molecule has 1 aliphatic heterocycles. The summed E-state index contributed by atoms with van der Waals surface area (Å²) in [5.74, 6) is 0.190. The Kier molecular flexibility index (Phi) is 6.66. The largest absolute Gasteiger partial charge is 0.409 e. The summed E-state index contributed by atoms with van der Waals surface area (Å²) >= 11 is 0. The Morgan fingerprint density at radius 2 is 1.95 bits per heavy atom. The van der Waals surface area contributed by atoms with Crippen molar-refractivity contribution in [2.75, 3.05) is 32.7 Å². The highest BCUT2D eigenvalue weighted by Gasteiger charge is 2.30. The minimum Gasteiger partial charge on any atom is -0.409 e. The van der Waals surface area contributed by atoms with Crippen LogP contribution in [0.1, 0.15) is 26.7 Å². The molecule has 0 spiro atoms. The Morgan fingerprint density at radius 3 is 2.40 bits per heavy atom. The lowest BCUT2D eigenvalue weighted by atomic mass is 10.1. The first-order valence-electron chi connectivity index (χ1n) is 6.92. The van der Waals surface area contributed by atoms with Gasteiger partial charge in [0.1, 0.15) is 0 Å². The van der Waals surface area contributed by atoms with Crippen molar-refractivity contribution in [3.8, 4) is 0 Å². The third kappa shape index (κ3) is 4.30. The van der Waals surface area contributed by atoms with E-state index in [2.05, 4.69) is 14.8 Å². The quantitative estimate of drug-likeness (QED) is 0.251. The van der Waals surface area contributed by atoms with E-state index in [0.717, 1.165) is 12.8 Å². The van der Waals surface area contributed by atoms with E-state index in [-0.39, 0.29) is 11.9 Å².